The number of amides is 2. The van der Waals surface area contributed by atoms with E-state index in [1.165, 1.54) is 23.1 Å². The number of hydrogen-bond donors (Lipinski definition) is 0. The summed E-state index contributed by atoms with van der Waals surface area (Å²) in [6, 6.07) is 10.8. The molecule has 1 aromatic heterocycles. The SMILES string of the molecule is CSc1ccccc1N(C(=O)OC(C)(C)C)C(=O)c1cccs1. The smallest absolute Gasteiger partial charge is 0.422 e. The molecule has 122 valence electrons. The van der Waals surface area contributed by atoms with Crippen LogP contribution in [0.15, 0.2) is 46.7 Å². The Kier molecular flexibility index (Phi) is 5.49. The fraction of sp³-hybridized carbons (Fsp3) is 0.294. The molecule has 0 saturated carbocycles. The van der Waals surface area contributed by atoms with E-state index in [9.17, 15) is 9.59 Å². The van der Waals surface area contributed by atoms with Crippen LogP contribution in [0.3, 0.4) is 0 Å². The number of rotatable bonds is 3. The number of nitrogens with zero attached hydrogens (tertiary/aromatic N) is 1. The Bertz CT molecular complexity index is 690. The lowest BCUT2D eigenvalue weighted by Gasteiger charge is -2.27. The summed E-state index contributed by atoms with van der Waals surface area (Å²) in [6.45, 7) is 5.33. The van der Waals surface area contributed by atoms with Crippen LogP contribution in [0.1, 0.15) is 30.4 Å². The molecule has 2 amide bonds. The molecule has 0 aliphatic carbocycles. The molecule has 0 aliphatic rings. The van der Waals surface area contributed by atoms with Crippen molar-refractivity contribution in [2.45, 2.75) is 31.3 Å². The number of anilines is 1. The summed E-state index contributed by atoms with van der Waals surface area (Å²) in [5.41, 5.74) is -0.146. The third-order valence-corrected chi connectivity index (χ3v) is 4.48. The summed E-state index contributed by atoms with van der Waals surface area (Å²) < 4.78 is 5.43. The predicted molar refractivity (Wildman–Crippen MR) is 95.6 cm³/mol. The number of imide groups is 1. The molecule has 0 spiro atoms. The lowest BCUT2D eigenvalue weighted by molar-refractivity contribution is 0.0564. The maximum Gasteiger partial charge on any atom is 0.422 e. The van der Waals surface area contributed by atoms with Gasteiger partial charge in [0.15, 0.2) is 0 Å². The molecule has 0 N–H and O–H groups in total. The van der Waals surface area contributed by atoms with Gasteiger partial charge in [0.1, 0.15) is 5.60 Å². The Balaban J connectivity index is 2.47. The summed E-state index contributed by atoms with van der Waals surface area (Å²) in [7, 11) is 0. The number of thioether (sulfide) groups is 1. The van der Waals surface area contributed by atoms with Gasteiger partial charge < -0.3 is 4.74 Å². The van der Waals surface area contributed by atoms with Gasteiger partial charge in [-0.1, -0.05) is 18.2 Å². The van der Waals surface area contributed by atoms with Crippen LogP contribution >= 0.6 is 23.1 Å². The second-order valence-corrected chi connectivity index (χ2v) is 7.57. The van der Waals surface area contributed by atoms with E-state index in [0.717, 1.165) is 9.80 Å². The maximum absolute atomic E-state index is 12.8. The first-order chi connectivity index (χ1) is 10.8. The quantitative estimate of drug-likeness (QED) is 0.727. The number of benzene rings is 1. The molecular formula is C17H19NO3S2. The molecule has 0 unspecified atom stereocenters. The van der Waals surface area contributed by atoms with Gasteiger partial charge in [-0.2, -0.15) is 0 Å². The van der Waals surface area contributed by atoms with E-state index in [-0.39, 0.29) is 5.91 Å². The first-order valence-electron chi connectivity index (χ1n) is 7.07. The number of thiophene rings is 1. The zero-order valence-corrected chi connectivity index (χ0v) is 15.2. The van der Waals surface area contributed by atoms with Gasteiger partial charge in [-0.3, -0.25) is 4.79 Å². The van der Waals surface area contributed by atoms with Crippen LogP contribution in [-0.4, -0.2) is 23.9 Å². The molecule has 0 atom stereocenters. The van der Waals surface area contributed by atoms with Crippen LogP contribution < -0.4 is 4.90 Å². The number of hydrogen-bond acceptors (Lipinski definition) is 5. The van der Waals surface area contributed by atoms with Crippen LogP contribution in [0.2, 0.25) is 0 Å². The number of carbonyl (C=O) groups is 2. The topological polar surface area (TPSA) is 46.6 Å². The summed E-state index contributed by atoms with van der Waals surface area (Å²) in [5, 5.41) is 1.81. The van der Waals surface area contributed by atoms with Gasteiger partial charge in [-0.15, -0.1) is 23.1 Å². The van der Waals surface area contributed by atoms with Gasteiger partial charge >= 0.3 is 6.09 Å². The summed E-state index contributed by atoms with van der Waals surface area (Å²) >= 11 is 2.77. The zero-order chi connectivity index (χ0) is 17.0. The Morgan fingerprint density at radius 1 is 1.13 bits per heavy atom. The third-order valence-electron chi connectivity index (χ3n) is 2.84. The van der Waals surface area contributed by atoms with Crippen molar-refractivity contribution in [1.82, 2.24) is 0 Å². The van der Waals surface area contributed by atoms with Crippen LogP contribution in [0.25, 0.3) is 0 Å². The standard InChI is InChI=1S/C17H19NO3S2/c1-17(2,3)21-16(20)18(15(19)14-10-7-11-23-14)12-8-5-6-9-13(12)22-4/h5-11H,1-4H3. The molecule has 0 fully saturated rings. The van der Waals surface area contributed by atoms with Crippen molar-refractivity contribution in [3.63, 3.8) is 0 Å². The summed E-state index contributed by atoms with van der Waals surface area (Å²) in [4.78, 5) is 27.9. The average Bonchev–Trinajstić information content (AvgIpc) is 3.00. The predicted octanol–water partition coefficient (Wildman–Crippen LogP) is 5.05. The van der Waals surface area contributed by atoms with Gasteiger partial charge in [-0.25, -0.2) is 9.69 Å². The highest BCUT2D eigenvalue weighted by Gasteiger charge is 2.31. The molecule has 1 aromatic carbocycles. The van der Waals surface area contributed by atoms with Gasteiger partial charge in [-0.05, 0) is 50.6 Å². The monoisotopic (exact) mass is 349 g/mol. The van der Waals surface area contributed by atoms with Crippen molar-refractivity contribution < 1.29 is 14.3 Å². The first-order valence-corrected chi connectivity index (χ1v) is 9.18. The minimum Gasteiger partial charge on any atom is -0.443 e. The van der Waals surface area contributed by atoms with Crippen molar-refractivity contribution in [2.75, 3.05) is 11.2 Å². The summed E-state index contributed by atoms with van der Waals surface area (Å²) in [6.07, 6.45) is 1.24. The van der Waals surface area contributed by atoms with E-state index in [0.29, 0.717) is 10.6 Å². The second-order valence-electron chi connectivity index (χ2n) is 5.77. The molecule has 0 saturated heterocycles. The van der Waals surface area contributed by atoms with E-state index in [1.807, 2.05) is 18.4 Å². The minimum atomic E-state index is -0.681. The Hall–Kier alpha value is -1.79. The molecule has 23 heavy (non-hydrogen) atoms. The maximum atomic E-state index is 12.8. The second kappa shape index (κ2) is 7.19. The Labute approximate surface area is 144 Å². The van der Waals surface area contributed by atoms with Gasteiger partial charge in [0, 0.05) is 4.90 Å². The molecule has 2 aromatic rings. The highest BCUT2D eigenvalue weighted by atomic mass is 32.2. The highest BCUT2D eigenvalue weighted by Crippen LogP contribution is 2.31. The van der Waals surface area contributed by atoms with Crippen molar-refractivity contribution in [3.05, 3.63) is 46.7 Å². The van der Waals surface area contributed by atoms with E-state index in [2.05, 4.69) is 0 Å². The lowest BCUT2D eigenvalue weighted by Crippen LogP contribution is -2.41. The highest BCUT2D eigenvalue weighted by molar-refractivity contribution is 7.98. The zero-order valence-electron chi connectivity index (χ0n) is 13.5. The number of carbonyl (C=O) groups excluding carboxylic acids is 2. The molecule has 2 rings (SSSR count). The lowest BCUT2D eigenvalue weighted by atomic mass is 10.2. The van der Waals surface area contributed by atoms with Crippen LogP contribution in [0, 0.1) is 0 Å². The fourth-order valence-corrected chi connectivity index (χ4v) is 3.16. The largest absolute Gasteiger partial charge is 0.443 e. The Morgan fingerprint density at radius 2 is 1.83 bits per heavy atom. The van der Waals surface area contributed by atoms with Crippen LogP contribution in [-0.2, 0) is 4.74 Å². The molecule has 0 aliphatic heterocycles. The van der Waals surface area contributed by atoms with Crippen molar-refractivity contribution in [2.24, 2.45) is 0 Å². The van der Waals surface area contributed by atoms with Gasteiger partial charge in [0.2, 0.25) is 0 Å². The molecule has 0 radical (unpaired) electrons. The average molecular weight is 349 g/mol. The van der Waals surface area contributed by atoms with E-state index in [1.54, 1.807) is 50.4 Å². The number of ether oxygens (including phenoxy) is 1. The van der Waals surface area contributed by atoms with Gasteiger partial charge in [0.05, 0.1) is 10.6 Å². The first kappa shape index (κ1) is 17.6. The molecule has 1 heterocycles. The Morgan fingerprint density at radius 3 is 2.39 bits per heavy atom. The van der Waals surface area contributed by atoms with E-state index >= 15 is 0 Å². The van der Waals surface area contributed by atoms with Crippen LogP contribution in [0.4, 0.5) is 10.5 Å². The minimum absolute atomic E-state index is 0.379. The van der Waals surface area contributed by atoms with Crippen molar-refractivity contribution in [1.29, 1.82) is 0 Å². The van der Waals surface area contributed by atoms with E-state index < -0.39 is 11.7 Å². The van der Waals surface area contributed by atoms with Gasteiger partial charge in [0.25, 0.3) is 5.91 Å². The van der Waals surface area contributed by atoms with Crippen molar-refractivity contribution >= 4 is 40.8 Å². The molecular weight excluding hydrogens is 330 g/mol. The molecule has 0 bridgehead atoms. The molecule has 4 nitrogen and oxygen atoms in total. The molecule has 6 heteroatoms. The fourth-order valence-electron chi connectivity index (χ4n) is 1.92. The van der Waals surface area contributed by atoms with E-state index in [4.69, 9.17) is 4.74 Å². The number of para-hydroxylation sites is 1. The summed E-state index contributed by atoms with van der Waals surface area (Å²) in [5.74, 6) is -0.379. The van der Waals surface area contributed by atoms with Crippen LogP contribution in [0.5, 0.6) is 0 Å². The third kappa shape index (κ3) is 4.36. The van der Waals surface area contributed by atoms with Crippen molar-refractivity contribution in [3.8, 4) is 0 Å². The normalized spacial score (nSPS) is 11.1.